The third-order valence-corrected chi connectivity index (χ3v) is 4.43. The number of benzene rings is 1. The van der Waals surface area contributed by atoms with Crippen molar-refractivity contribution in [3.63, 3.8) is 0 Å². The lowest BCUT2D eigenvalue weighted by molar-refractivity contribution is -0.132. The summed E-state index contributed by atoms with van der Waals surface area (Å²) in [6.45, 7) is 3.24. The lowest BCUT2D eigenvalue weighted by atomic mass is 10.0. The van der Waals surface area contributed by atoms with Crippen LogP contribution in [-0.4, -0.2) is 55.3 Å². The topological polar surface area (TPSA) is 75.7 Å². The van der Waals surface area contributed by atoms with E-state index in [1.807, 2.05) is 19.1 Å². The number of carbonyl (C=O) groups is 3. The summed E-state index contributed by atoms with van der Waals surface area (Å²) in [5, 5.41) is 2.90. The molecule has 6 nitrogen and oxygen atoms in total. The van der Waals surface area contributed by atoms with Gasteiger partial charge in [0.15, 0.2) is 5.78 Å². The maximum absolute atomic E-state index is 12.3. The Morgan fingerprint density at radius 1 is 1.12 bits per heavy atom. The molecule has 1 aliphatic heterocycles. The van der Waals surface area contributed by atoms with Crippen LogP contribution in [0.1, 0.15) is 41.6 Å². The molecule has 1 fully saturated rings. The number of Topliss-reactive ketones (excluding diaryl/α,β-unsaturated/α-hetero) is 1. The zero-order valence-electron chi connectivity index (χ0n) is 14.9. The number of nitrogens with one attached hydrogen (secondary N) is 1. The van der Waals surface area contributed by atoms with Gasteiger partial charge in [0.05, 0.1) is 0 Å². The van der Waals surface area contributed by atoms with Gasteiger partial charge < -0.3 is 15.0 Å². The van der Waals surface area contributed by atoms with Crippen molar-refractivity contribution in [3.05, 3.63) is 35.4 Å². The smallest absolute Gasteiger partial charge is 0.246 e. The second kappa shape index (κ2) is 9.32. The summed E-state index contributed by atoms with van der Waals surface area (Å²) in [5.41, 5.74) is 1.76. The van der Waals surface area contributed by atoms with Gasteiger partial charge in [0, 0.05) is 44.6 Å². The Morgan fingerprint density at radius 3 is 2.36 bits per heavy atom. The van der Waals surface area contributed by atoms with E-state index in [0.29, 0.717) is 18.7 Å². The van der Waals surface area contributed by atoms with Crippen molar-refractivity contribution in [3.8, 4) is 0 Å². The Bertz CT molecular complexity index is 604. The molecule has 0 atom stereocenters. The van der Waals surface area contributed by atoms with E-state index in [-0.39, 0.29) is 43.1 Å². The number of nitrogens with zero attached hydrogens (tertiary/aromatic N) is 1. The predicted molar refractivity (Wildman–Crippen MR) is 94.4 cm³/mol. The molecule has 2 rings (SSSR count). The number of methoxy groups -OCH3 is 1. The van der Waals surface area contributed by atoms with Crippen molar-refractivity contribution in [2.45, 2.75) is 38.6 Å². The predicted octanol–water partition coefficient (Wildman–Crippen LogP) is 1.71. The highest BCUT2D eigenvalue weighted by Gasteiger charge is 2.24. The molecule has 1 N–H and O–H groups in total. The van der Waals surface area contributed by atoms with E-state index in [1.165, 1.54) is 7.11 Å². The van der Waals surface area contributed by atoms with Gasteiger partial charge in [-0.05, 0) is 19.8 Å². The third kappa shape index (κ3) is 5.98. The molecule has 6 heteroatoms. The van der Waals surface area contributed by atoms with Gasteiger partial charge in [-0.3, -0.25) is 14.4 Å². The minimum Gasteiger partial charge on any atom is -0.375 e. The van der Waals surface area contributed by atoms with E-state index >= 15 is 0 Å². The van der Waals surface area contributed by atoms with Gasteiger partial charge in [-0.15, -0.1) is 0 Å². The second-order valence-corrected chi connectivity index (χ2v) is 6.44. The maximum atomic E-state index is 12.3. The first-order valence-corrected chi connectivity index (χ1v) is 8.65. The van der Waals surface area contributed by atoms with Crippen molar-refractivity contribution in [1.29, 1.82) is 0 Å². The number of aryl methyl sites for hydroxylation is 1. The van der Waals surface area contributed by atoms with Crippen molar-refractivity contribution in [1.82, 2.24) is 10.2 Å². The Kier molecular flexibility index (Phi) is 7.13. The lowest BCUT2D eigenvalue weighted by Gasteiger charge is -2.32. The summed E-state index contributed by atoms with van der Waals surface area (Å²) in [6.07, 6.45) is 1.92. The lowest BCUT2D eigenvalue weighted by Crippen LogP contribution is -2.47. The molecule has 0 aromatic heterocycles. The normalized spacial score (nSPS) is 15.0. The Labute approximate surface area is 148 Å². The zero-order chi connectivity index (χ0) is 18.2. The molecule has 0 radical (unpaired) electrons. The van der Waals surface area contributed by atoms with Crippen LogP contribution in [0.25, 0.3) is 0 Å². The van der Waals surface area contributed by atoms with Crippen LogP contribution in [0.5, 0.6) is 0 Å². The number of ketones is 1. The number of ether oxygens (including phenoxy) is 1. The highest BCUT2D eigenvalue weighted by Crippen LogP contribution is 2.14. The first kappa shape index (κ1) is 19.1. The number of hydrogen-bond donors (Lipinski definition) is 1. The van der Waals surface area contributed by atoms with Crippen molar-refractivity contribution >= 4 is 17.6 Å². The van der Waals surface area contributed by atoms with Crippen LogP contribution in [0.3, 0.4) is 0 Å². The van der Waals surface area contributed by atoms with E-state index in [1.54, 1.807) is 17.0 Å². The molecule has 1 heterocycles. The highest BCUT2D eigenvalue weighted by molar-refractivity contribution is 5.98. The number of piperidine rings is 1. The summed E-state index contributed by atoms with van der Waals surface area (Å²) >= 11 is 0. The molecular weight excluding hydrogens is 320 g/mol. The van der Waals surface area contributed by atoms with Crippen LogP contribution in [-0.2, 0) is 14.3 Å². The molecule has 25 heavy (non-hydrogen) atoms. The fraction of sp³-hybridized carbons (Fsp3) is 0.526. The maximum Gasteiger partial charge on any atom is 0.246 e. The number of carbonyl (C=O) groups excluding carboxylic acids is 3. The molecule has 1 aromatic carbocycles. The van der Waals surface area contributed by atoms with E-state index in [4.69, 9.17) is 4.74 Å². The molecule has 0 bridgehead atoms. The van der Waals surface area contributed by atoms with E-state index < -0.39 is 0 Å². The van der Waals surface area contributed by atoms with Crippen molar-refractivity contribution in [2.75, 3.05) is 26.8 Å². The largest absolute Gasteiger partial charge is 0.375 e. The summed E-state index contributed by atoms with van der Waals surface area (Å²) in [7, 11) is 1.48. The average Bonchev–Trinajstić information content (AvgIpc) is 2.61. The molecule has 2 amide bonds. The number of rotatable bonds is 7. The van der Waals surface area contributed by atoms with E-state index in [9.17, 15) is 14.4 Å². The number of hydrogen-bond acceptors (Lipinski definition) is 4. The summed E-state index contributed by atoms with van der Waals surface area (Å²) in [5.74, 6) is -0.131. The number of likely N-dealkylation sites (tertiary alicyclic amines) is 1. The summed E-state index contributed by atoms with van der Waals surface area (Å²) in [6, 6.07) is 7.49. The first-order valence-electron chi connectivity index (χ1n) is 8.65. The molecular formula is C19H26N2O4. The van der Waals surface area contributed by atoms with Crippen molar-refractivity contribution in [2.24, 2.45) is 0 Å². The first-order chi connectivity index (χ1) is 12.0. The molecule has 0 unspecified atom stereocenters. The Morgan fingerprint density at radius 2 is 1.76 bits per heavy atom. The van der Waals surface area contributed by atoms with Gasteiger partial charge in [-0.2, -0.15) is 0 Å². The molecule has 0 saturated carbocycles. The molecule has 0 spiro atoms. The summed E-state index contributed by atoms with van der Waals surface area (Å²) < 4.78 is 4.79. The van der Waals surface area contributed by atoms with Gasteiger partial charge in [-0.25, -0.2) is 0 Å². The van der Waals surface area contributed by atoms with Gasteiger partial charge in [0.2, 0.25) is 11.8 Å². The monoisotopic (exact) mass is 346 g/mol. The molecule has 0 aliphatic carbocycles. The van der Waals surface area contributed by atoms with E-state index in [2.05, 4.69) is 5.32 Å². The average molecular weight is 346 g/mol. The van der Waals surface area contributed by atoms with Crippen LogP contribution in [0, 0.1) is 6.92 Å². The molecule has 1 saturated heterocycles. The third-order valence-electron chi connectivity index (χ3n) is 4.43. The van der Waals surface area contributed by atoms with Gasteiger partial charge >= 0.3 is 0 Å². The highest BCUT2D eigenvalue weighted by atomic mass is 16.5. The van der Waals surface area contributed by atoms with Crippen LogP contribution >= 0.6 is 0 Å². The van der Waals surface area contributed by atoms with Crippen LogP contribution in [0.15, 0.2) is 24.3 Å². The van der Waals surface area contributed by atoms with Crippen molar-refractivity contribution < 1.29 is 19.1 Å². The molecule has 1 aliphatic rings. The fourth-order valence-electron chi connectivity index (χ4n) is 2.94. The Balaban J connectivity index is 1.72. The quantitative estimate of drug-likeness (QED) is 0.763. The van der Waals surface area contributed by atoms with E-state index in [0.717, 1.165) is 18.4 Å². The van der Waals surface area contributed by atoms with Crippen LogP contribution < -0.4 is 5.32 Å². The van der Waals surface area contributed by atoms with Gasteiger partial charge in [0.25, 0.3) is 0 Å². The minimum absolute atomic E-state index is 0.00197. The number of amides is 2. The summed E-state index contributed by atoms with van der Waals surface area (Å²) in [4.78, 5) is 37.7. The van der Waals surface area contributed by atoms with Crippen LogP contribution in [0.4, 0.5) is 0 Å². The van der Waals surface area contributed by atoms with Gasteiger partial charge in [0.1, 0.15) is 6.61 Å². The molecule has 136 valence electrons. The minimum atomic E-state index is -0.129. The van der Waals surface area contributed by atoms with Crippen LogP contribution in [0.2, 0.25) is 0 Å². The second-order valence-electron chi connectivity index (χ2n) is 6.44. The SMILES string of the molecule is COCC(=O)NC1CCN(C(=O)CCC(=O)c2ccc(C)cc2)CC1. The zero-order valence-corrected chi connectivity index (χ0v) is 14.9. The van der Waals surface area contributed by atoms with Gasteiger partial charge in [-0.1, -0.05) is 29.8 Å². The standard InChI is InChI=1S/C19H26N2O4/c1-14-3-5-15(6-4-14)17(22)7-8-19(24)21-11-9-16(10-12-21)20-18(23)13-25-2/h3-6,16H,7-13H2,1-2H3,(H,20,23). The molecule has 1 aromatic rings. The Hall–Kier alpha value is -2.21. The fourth-order valence-corrected chi connectivity index (χ4v) is 2.94.